The first-order chi connectivity index (χ1) is 16.2. The van der Waals surface area contributed by atoms with Gasteiger partial charge in [-0.15, -0.1) is 0 Å². The van der Waals surface area contributed by atoms with E-state index in [1.54, 1.807) is 0 Å². The predicted octanol–water partition coefficient (Wildman–Crippen LogP) is 3.07. The number of hydrogen-bond acceptors (Lipinski definition) is 11. The number of nitrogens with zero attached hydrogens (tertiary/aromatic N) is 1. The van der Waals surface area contributed by atoms with Gasteiger partial charge in [-0.1, -0.05) is 53.5 Å². The van der Waals surface area contributed by atoms with E-state index in [-0.39, 0.29) is 20.3 Å². The first-order valence-corrected chi connectivity index (χ1v) is 12.2. The summed E-state index contributed by atoms with van der Waals surface area (Å²) in [5.74, 6) is -3.07. The zero-order chi connectivity index (χ0) is 24.8. The number of ether oxygens (including phenoxy) is 4. The molecule has 12 heteroatoms. The summed E-state index contributed by atoms with van der Waals surface area (Å²) in [4.78, 5) is 52.1. The Morgan fingerprint density at radius 2 is 1.26 bits per heavy atom. The molecule has 0 amide bonds. The molecule has 0 N–H and O–H groups in total. The van der Waals surface area contributed by atoms with Crippen LogP contribution in [0.2, 0.25) is 0 Å². The van der Waals surface area contributed by atoms with Gasteiger partial charge in [-0.25, -0.2) is 19.2 Å². The Kier molecular flexibility index (Phi) is 6.49. The van der Waals surface area contributed by atoms with Gasteiger partial charge < -0.3 is 23.5 Å². The molecule has 0 fully saturated rings. The summed E-state index contributed by atoms with van der Waals surface area (Å²) in [6.45, 7) is 0. The van der Waals surface area contributed by atoms with E-state index in [0.29, 0.717) is 10.6 Å². The fraction of sp³-hybridized carbons (Fsp3) is 0.273. The van der Waals surface area contributed by atoms with Gasteiger partial charge in [0.05, 0.1) is 39.7 Å². The van der Waals surface area contributed by atoms with E-state index < -0.39 is 28.0 Å². The minimum Gasteiger partial charge on any atom is -0.466 e. The number of carbonyl (C=O) groups excluding carboxylic acids is 4. The standard InChI is InChI=1S/C22H19NO8S3/c1-23-11-9-7-6-8-10(11)13-17(23)22(12(18(24)28-2)14(32-13)19(25)29-3)33-15(20(26)30-4)16(34-22)21(27)31-5/h6-9H,1-5H3. The van der Waals surface area contributed by atoms with Crippen LogP contribution < -0.4 is 0 Å². The quantitative estimate of drug-likeness (QED) is 0.437. The molecule has 0 saturated heterocycles. The maximum atomic E-state index is 13.2. The van der Waals surface area contributed by atoms with Crippen molar-refractivity contribution in [2.75, 3.05) is 28.4 Å². The zero-order valence-electron chi connectivity index (χ0n) is 18.7. The number of fused-ring (bicyclic) bond motifs is 4. The van der Waals surface area contributed by atoms with Crippen LogP contribution in [0.5, 0.6) is 0 Å². The first-order valence-electron chi connectivity index (χ1n) is 9.71. The third kappa shape index (κ3) is 3.43. The van der Waals surface area contributed by atoms with Crippen molar-refractivity contribution in [1.82, 2.24) is 4.57 Å². The Hall–Kier alpha value is -2.83. The van der Waals surface area contributed by atoms with Gasteiger partial charge >= 0.3 is 23.9 Å². The third-order valence-corrected chi connectivity index (χ3v) is 9.67. The second-order valence-electron chi connectivity index (χ2n) is 7.01. The Balaban J connectivity index is 2.11. The third-order valence-electron chi connectivity index (χ3n) is 5.33. The van der Waals surface area contributed by atoms with Crippen LogP contribution in [0, 0.1) is 0 Å². The number of carbonyl (C=O) groups is 4. The van der Waals surface area contributed by atoms with Crippen LogP contribution in [0.25, 0.3) is 10.9 Å². The van der Waals surface area contributed by atoms with Crippen LogP contribution >= 0.6 is 35.3 Å². The summed E-state index contributed by atoms with van der Waals surface area (Å²) < 4.78 is 20.3. The highest BCUT2D eigenvalue weighted by molar-refractivity contribution is 8.25. The van der Waals surface area contributed by atoms with E-state index in [2.05, 4.69) is 0 Å². The molecule has 1 aromatic heterocycles. The average Bonchev–Trinajstić information content (AvgIpc) is 3.39. The summed E-state index contributed by atoms with van der Waals surface area (Å²) >= 11 is 2.97. The number of methoxy groups -OCH3 is 4. The van der Waals surface area contributed by atoms with E-state index >= 15 is 0 Å². The molecule has 4 rings (SSSR count). The van der Waals surface area contributed by atoms with Crippen molar-refractivity contribution in [1.29, 1.82) is 0 Å². The molecule has 34 heavy (non-hydrogen) atoms. The lowest BCUT2D eigenvalue weighted by Crippen LogP contribution is -2.33. The molecule has 9 nitrogen and oxygen atoms in total. The highest BCUT2D eigenvalue weighted by atomic mass is 32.2. The molecular weight excluding hydrogens is 502 g/mol. The van der Waals surface area contributed by atoms with Gasteiger partial charge in [-0.2, -0.15) is 0 Å². The van der Waals surface area contributed by atoms with Crippen molar-refractivity contribution in [2.24, 2.45) is 7.05 Å². The molecule has 1 spiro atoms. The highest BCUT2D eigenvalue weighted by Crippen LogP contribution is 2.69. The molecule has 0 atom stereocenters. The summed E-state index contributed by atoms with van der Waals surface area (Å²) in [7, 11) is 6.60. The number of aryl methyl sites for hydroxylation is 1. The minimum absolute atomic E-state index is 0.00790. The summed E-state index contributed by atoms with van der Waals surface area (Å²) in [6, 6.07) is 7.53. The average molecular weight is 522 g/mol. The van der Waals surface area contributed by atoms with Crippen molar-refractivity contribution in [3.8, 4) is 0 Å². The lowest BCUT2D eigenvalue weighted by Gasteiger charge is -2.35. The van der Waals surface area contributed by atoms with Gasteiger partial charge in [0.25, 0.3) is 0 Å². The number of benzene rings is 1. The second-order valence-corrected chi connectivity index (χ2v) is 10.7. The lowest BCUT2D eigenvalue weighted by molar-refractivity contribution is -0.139. The Morgan fingerprint density at radius 3 is 1.79 bits per heavy atom. The molecule has 2 aliphatic rings. The van der Waals surface area contributed by atoms with Crippen molar-refractivity contribution >= 4 is 70.1 Å². The minimum atomic E-state index is -1.43. The van der Waals surface area contributed by atoms with Crippen molar-refractivity contribution in [3.05, 3.63) is 50.2 Å². The van der Waals surface area contributed by atoms with Crippen molar-refractivity contribution in [2.45, 2.75) is 8.97 Å². The van der Waals surface area contributed by atoms with Crippen LogP contribution in [0.4, 0.5) is 0 Å². The first kappa shape index (κ1) is 24.3. The van der Waals surface area contributed by atoms with Crippen LogP contribution in [-0.2, 0) is 49.3 Å². The number of para-hydroxylation sites is 1. The molecule has 0 aliphatic carbocycles. The molecule has 3 heterocycles. The number of thioether (sulfide) groups is 3. The van der Waals surface area contributed by atoms with Crippen molar-refractivity contribution in [3.63, 3.8) is 0 Å². The zero-order valence-corrected chi connectivity index (χ0v) is 21.2. The van der Waals surface area contributed by atoms with E-state index in [4.69, 9.17) is 18.9 Å². The molecular formula is C22H19NO8S3. The van der Waals surface area contributed by atoms with Gasteiger partial charge in [-0.3, -0.25) is 0 Å². The molecule has 2 aliphatic heterocycles. The molecule has 0 radical (unpaired) electrons. The van der Waals surface area contributed by atoms with Crippen LogP contribution in [0.15, 0.2) is 49.4 Å². The van der Waals surface area contributed by atoms with E-state index in [9.17, 15) is 19.2 Å². The molecule has 0 saturated carbocycles. The van der Waals surface area contributed by atoms with Gasteiger partial charge in [0.2, 0.25) is 0 Å². The number of esters is 4. The molecule has 0 bridgehead atoms. The normalized spacial score (nSPS) is 16.5. The van der Waals surface area contributed by atoms with E-state index in [0.717, 1.165) is 46.2 Å². The van der Waals surface area contributed by atoms with Crippen molar-refractivity contribution < 1.29 is 38.1 Å². The molecule has 0 unspecified atom stereocenters. The van der Waals surface area contributed by atoms with Gasteiger partial charge in [0.1, 0.15) is 18.8 Å². The summed E-state index contributed by atoms with van der Waals surface area (Å²) in [6.07, 6.45) is 0. The SMILES string of the molecule is COC(=O)C1=C(C(=O)OC)SC2(S1)C(C(=O)OC)=C(C(=O)OC)Sc1c2n(C)c2ccccc12. The van der Waals surface area contributed by atoms with E-state index in [1.165, 1.54) is 28.4 Å². The number of hydrogen-bond donors (Lipinski definition) is 0. The lowest BCUT2D eigenvalue weighted by atomic mass is 10.1. The van der Waals surface area contributed by atoms with Crippen LogP contribution in [-0.4, -0.2) is 56.9 Å². The van der Waals surface area contributed by atoms with Gasteiger partial charge in [0.15, 0.2) is 0 Å². The molecule has 178 valence electrons. The fourth-order valence-electron chi connectivity index (χ4n) is 3.87. The van der Waals surface area contributed by atoms with Crippen LogP contribution in [0.1, 0.15) is 5.69 Å². The second kappa shape index (κ2) is 9.08. The highest BCUT2D eigenvalue weighted by Gasteiger charge is 2.58. The maximum Gasteiger partial charge on any atom is 0.345 e. The molecule has 2 aromatic rings. The maximum absolute atomic E-state index is 13.2. The number of rotatable bonds is 4. The van der Waals surface area contributed by atoms with E-state index in [1.807, 2.05) is 35.9 Å². The Bertz CT molecular complexity index is 1290. The number of aromatic nitrogens is 1. The predicted molar refractivity (Wildman–Crippen MR) is 128 cm³/mol. The topological polar surface area (TPSA) is 110 Å². The van der Waals surface area contributed by atoms with Gasteiger partial charge in [0, 0.05) is 22.8 Å². The summed E-state index contributed by atoms with van der Waals surface area (Å²) in [5.41, 5.74) is 1.41. The Morgan fingerprint density at radius 1 is 0.765 bits per heavy atom. The largest absolute Gasteiger partial charge is 0.466 e. The van der Waals surface area contributed by atoms with Crippen LogP contribution in [0.3, 0.4) is 0 Å². The fourth-order valence-corrected chi connectivity index (χ4v) is 8.93. The molecule has 1 aromatic carbocycles. The Labute approximate surface area is 207 Å². The monoisotopic (exact) mass is 521 g/mol. The smallest absolute Gasteiger partial charge is 0.345 e. The van der Waals surface area contributed by atoms with Gasteiger partial charge in [-0.05, 0) is 6.07 Å². The summed E-state index contributed by atoms with van der Waals surface area (Å²) in [5, 5.41) is 0.835.